The van der Waals surface area contributed by atoms with Crippen LogP contribution in [0.1, 0.15) is 44.9 Å². The minimum Gasteiger partial charge on any atom is -0.480 e. The Morgan fingerprint density at radius 2 is 1.71 bits per heavy atom. The third-order valence-electron chi connectivity index (χ3n) is 5.40. The Morgan fingerprint density at radius 1 is 1.05 bits per heavy atom. The minimum absolute atomic E-state index is 0.0799. The number of piperidine rings is 1. The second kappa shape index (κ2) is 5.83. The van der Waals surface area contributed by atoms with Crippen molar-refractivity contribution >= 4 is 12.0 Å². The second-order valence-electron chi connectivity index (χ2n) is 6.72. The van der Waals surface area contributed by atoms with E-state index in [-0.39, 0.29) is 18.1 Å². The van der Waals surface area contributed by atoms with Crippen molar-refractivity contribution < 1.29 is 14.7 Å². The van der Waals surface area contributed by atoms with Crippen LogP contribution in [0.15, 0.2) is 0 Å². The summed E-state index contributed by atoms with van der Waals surface area (Å²) in [5.74, 6) is -0.484. The Bertz CT molecular complexity index is 420. The highest BCUT2D eigenvalue weighted by Crippen LogP contribution is 2.40. The molecule has 21 heavy (non-hydrogen) atoms. The van der Waals surface area contributed by atoms with E-state index in [1.807, 2.05) is 0 Å². The first-order valence-corrected chi connectivity index (χ1v) is 8.13. The van der Waals surface area contributed by atoms with E-state index in [0.29, 0.717) is 25.4 Å². The Morgan fingerprint density at radius 3 is 2.38 bits per heavy atom. The third-order valence-corrected chi connectivity index (χ3v) is 5.40. The van der Waals surface area contributed by atoms with E-state index >= 15 is 0 Å². The number of hydrogen-bond acceptors (Lipinski definition) is 3. The van der Waals surface area contributed by atoms with Crippen molar-refractivity contribution in [2.75, 3.05) is 13.1 Å². The van der Waals surface area contributed by atoms with Gasteiger partial charge in [0.15, 0.2) is 0 Å². The van der Waals surface area contributed by atoms with Crippen molar-refractivity contribution in [3.63, 3.8) is 0 Å². The standard InChI is InChI=1S/C15H25N3O3/c16-11-5-7-17(8-6-11)15(21)18-12-4-2-1-3-10(12)9-13(18)14(19)20/h10-13H,1-9,16H2,(H,19,20). The number of carboxylic acid groups (broad SMARTS) is 1. The number of carboxylic acids is 1. The molecule has 2 heterocycles. The molecule has 2 saturated heterocycles. The van der Waals surface area contributed by atoms with Crippen LogP contribution in [-0.2, 0) is 4.79 Å². The van der Waals surface area contributed by atoms with Crippen molar-refractivity contribution in [3.05, 3.63) is 0 Å². The van der Waals surface area contributed by atoms with E-state index in [1.54, 1.807) is 9.80 Å². The first-order valence-electron chi connectivity index (χ1n) is 8.13. The number of rotatable bonds is 1. The lowest BCUT2D eigenvalue weighted by Crippen LogP contribution is -2.54. The van der Waals surface area contributed by atoms with E-state index < -0.39 is 12.0 Å². The molecule has 6 nitrogen and oxygen atoms in total. The smallest absolute Gasteiger partial charge is 0.326 e. The molecule has 0 aromatic heterocycles. The van der Waals surface area contributed by atoms with E-state index in [9.17, 15) is 14.7 Å². The van der Waals surface area contributed by atoms with Gasteiger partial charge in [0.25, 0.3) is 0 Å². The summed E-state index contributed by atoms with van der Waals surface area (Å²) in [5.41, 5.74) is 5.89. The molecule has 1 aliphatic carbocycles. The Kier molecular flexibility index (Phi) is 4.06. The quantitative estimate of drug-likeness (QED) is 0.762. The topological polar surface area (TPSA) is 86.9 Å². The van der Waals surface area contributed by atoms with Gasteiger partial charge >= 0.3 is 12.0 Å². The summed E-state index contributed by atoms with van der Waals surface area (Å²) >= 11 is 0. The lowest BCUT2D eigenvalue weighted by atomic mass is 9.85. The number of fused-ring (bicyclic) bond motifs is 1. The van der Waals surface area contributed by atoms with E-state index in [1.165, 1.54) is 0 Å². The molecule has 3 unspecified atom stereocenters. The van der Waals surface area contributed by atoms with Crippen LogP contribution in [0.25, 0.3) is 0 Å². The highest BCUT2D eigenvalue weighted by atomic mass is 16.4. The number of urea groups is 1. The van der Waals surface area contributed by atoms with E-state index in [0.717, 1.165) is 38.5 Å². The van der Waals surface area contributed by atoms with E-state index in [4.69, 9.17) is 5.73 Å². The van der Waals surface area contributed by atoms with Crippen LogP contribution in [0.2, 0.25) is 0 Å². The highest BCUT2D eigenvalue weighted by molar-refractivity contribution is 5.84. The van der Waals surface area contributed by atoms with Gasteiger partial charge in [-0.05, 0) is 38.0 Å². The predicted octanol–water partition coefficient (Wildman–Crippen LogP) is 1.25. The summed E-state index contributed by atoms with van der Waals surface area (Å²) in [5, 5.41) is 9.49. The third kappa shape index (κ3) is 2.73. The Labute approximate surface area is 125 Å². The van der Waals surface area contributed by atoms with Crippen molar-refractivity contribution in [1.82, 2.24) is 9.80 Å². The molecule has 2 aliphatic heterocycles. The van der Waals surface area contributed by atoms with Crippen LogP contribution in [-0.4, -0.2) is 58.1 Å². The molecule has 0 radical (unpaired) electrons. The zero-order valence-corrected chi connectivity index (χ0v) is 12.4. The minimum atomic E-state index is -0.855. The van der Waals surface area contributed by atoms with Crippen LogP contribution >= 0.6 is 0 Å². The van der Waals surface area contributed by atoms with Crippen LogP contribution in [0.3, 0.4) is 0 Å². The Hall–Kier alpha value is -1.30. The number of amides is 2. The molecule has 3 fully saturated rings. The van der Waals surface area contributed by atoms with Gasteiger partial charge in [-0.1, -0.05) is 12.8 Å². The molecule has 0 bridgehead atoms. The molecule has 0 aromatic carbocycles. The second-order valence-corrected chi connectivity index (χ2v) is 6.72. The number of likely N-dealkylation sites (tertiary alicyclic amines) is 2. The summed E-state index contributed by atoms with van der Waals surface area (Å²) in [7, 11) is 0. The SMILES string of the molecule is NC1CCN(C(=O)N2C(C(=O)O)CC3CCCCC32)CC1. The molecular weight excluding hydrogens is 270 g/mol. The summed E-state index contributed by atoms with van der Waals surface area (Å²) in [4.78, 5) is 27.9. The van der Waals surface area contributed by atoms with Gasteiger partial charge < -0.3 is 20.6 Å². The fraction of sp³-hybridized carbons (Fsp3) is 0.867. The van der Waals surface area contributed by atoms with Gasteiger partial charge in [-0.2, -0.15) is 0 Å². The number of carbonyl (C=O) groups is 2. The monoisotopic (exact) mass is 295 g/mol. The molecule has 3 atom stereocenters. The van der Waals surface area contributed by atoms with Crippen molar-refractivity contribution in [2.45, 2.75) is 63.1 Å². The van der Waals surface area contributed by atoms with E-state index in [2.05, 4.69) is 0 Å². The maximum Gasteiger partial charge on any atom is 0.326 e. The summed E-state index contributed by atoms with van der Waals surface area (Å²) in [6.07, 6.45) is 6.52. The van der Waals surface area contributed by atoms with Gasteiger partial charge in [0.05, 0.1) is 0 Å². The number of nitrogens with zero attached hydrogens (tertiary/aromatic N) is 2. The Balaban J connectivity index is 1.76. The zero-order chi connectivity index (χ0) is 15.0. The molecule has 0 aromatic rings. The van der Waals surface area contributed by atoms with Gasteiger partial charge in [0.2, 0.25) is 0 Å². The molecule has 1 saturated carbocycles. The fourth-order valence-electron chi connectivity index (χ4n) is 4.21. The molecule has 3 rings (SSSR count). The predicted molar refractivity (Wildman–Crippen MR) is 77.8 cm³/mol. The van der Waals surface area contributed by atoms with Crippen LogP contribution in [0, 0.1) is 5.92 Å². The van der Waals surface area contributed by atoms with Crippen molar-refractivity contribution in [2.24, 2.45) is 11.7 Å². The van der Waals surface area contributed by atoms with Gasteiger partial charge in [-0.15, -0.1) is 0 Å². The summed E-state index contributed by atoms with van der Waals surface area (Å²) in [6, 6.07) is -0.418. The van der Waals surface area contributed by atoms with Crippen molar-refractivity contribution in [3.8, 4) is 0 Å². The maximum atomic E-state index is 12.8. The highest BCUT2D eigenvalue weighted by Gasteiger charge is 2.48. The van der Waals surface area contributed by atoms with Gasteiger partial charge in [0, 0.05) is 25.2 Å². The molecule has 6 heteroatoms. The lowest BCUT2D eigenvalue weighted by molar-refractivity contribution is -0.141. The summed E-state index contributed by atoms with van der Waals surface area (Å²) in [6.45, 7) is 1.31. The average molecular weight is 295 g/mol. The molecule has 3 aliphatic rings. The average Bonchev–Trinajstić information content (AvgIpc) is 2.87. The number of hydrogen-bond donors (Lipinski definition) is 2. The van der Waals surface area contributed by atoms with Gasteiger partial charge in [0.1, 0.15) is 6.04 Å². The van der Waals surface area contributed by atoms with Crippen molar-refractivity contribution in [1.29, 1.82) is 0 Å². The maximum absolute atomic E-state index is 12.8. The lowest BCUT2D eigenvalue weighted by Gasteiger charge is -2.38. The van der Waals surface area contributed by atoms with Crippen LogP contribution in [0.4, 0.5) is 4.79 Å². The van der Waals surface area contributed by atoms with Gasteiger partial charge in [-0.3, -0.25) is 0 Å². The molecule has 2 amide bonds. The molecular formula is C15H25N3O3. The normalized spacial score (nSPS) is 33.9. The zero-order valence-electron chi connectivity index (χ0n) is 12.4. The first kappa shape index (κ1) is 14.6. The largest absolute Gasteiger partial charge is 0.480 e. The molecule has 118 valence electrons. The van der Waals surface area contributed by atoms with Crippen LogP contribution in [0.5, 0.6) is 0 Å². The fourth-order valence-corrected chi connectivity index (χ4v) is 4.21. The number of carbonyl (C=O) groups excluding carboxylic acids is 1. The number of nitrogens with two attached hydrogens (primary N) is 1. The van der Waals surface area contributed by atoms with Gasteiger partial charge in [-0.25, -0.2) is 9.59 Å². The summed E-state index contributed by atoms with van der Waals surface area (Å²) < 4.78 is 0. The molecule has 3 N–H and O–H groups in total. The first-order chi connectivity index (χ1) is 10.1. The van der Waals surface area contributed by atoms with Crippen LogP contribution < -0.4 is 5.73 Å². The number of aliphatic carboxylic acids is 1. The molecule has 0 spiro atoms.